The first kappa shape index (κ1) is 13.6. The maximum absolute atomic E-state index is 11.3. The molecule has 0 saturated carbocycles. The molecule has 0 saturated heterocycles. The van der Waals surface area contributed by atoms with Gasteiger partial charge in [0.2, 0.25) is 0 Å². The minimum absolute atomic E-state index is 0.165. The lowest BCUT2D eigenvalue weighted by molar-refractivity contribution is 0.293. The van der Waals surface area contributed by atoms with Crippen molar-refractivity contribution in [1.82, 2.24) is 4.90 Å². The van der Waals surface area contributed by atoms with Gasteiger partial charge >= 0.3 is 0 Å². The molecule has 3 nitrogen and oxygen atoms in total. The normalized spacial score (nSPS) is 16.9. The Morgan fingerprint density at radius 2 is 2.00 bits per heavy atom. The molecule has 0 N–H and O–H groups in total. The summed E-state index contributed by atoms with van der Waals surface area (Å²) < 4.78 is 22.6. The number of hydrogen-bond donors (Lipinski definition) is 0. The zero-order valence-electron chi connectivity index (χ0n) is 11.3. The Balaban J connectivity index is 2.16. The van der Waals surface area contributed by atoms with Gasteiger partial charge in [-0.05, 0) is 29.0 Å². The summed E-state index contributed by atoms with van der Waals surface area (Å²) in [5, 5.41) is 0. The largest absolute Gasteiger partial charge is 0.285 e. The number of benzene rings is 1. The summed E-state index contributed by atoms with van der Waals surface area (Å²) in [6, 6.07) is 6.59. The topological polar surface area (TPSA) is 37.4 Å². The summed E-state index contributed by atoms with van der Waals surface area (Å²) in [5.41, 5.74) is 4.02. The molecule has 0 bridgehead atoms. The highest BCUT2D eigenvalue weighted by atomic mass is 32.2. The predicted molar refractivity (Wildman–Crippen MR) is 74.4 cm³/mol. The van der Waals surface area contributed by atoms with Crippen LogP contribution in [0.1, 0.15) is 36.5 Å². The fourth-order valence-corrected chi connectivity index (χ4v) is 3.32. The minimum Gasteiger partial charge on any atom is -0.285 e. The van der Waals surface area contributed by atoms with Gasteiger partial charge in [-0.1, -0.05) is 32.0 Å². The highest BCUT2D eigenvalue weighted by Crippen LogP contribution is 2.24. The van der Waals surface area contributed by atoms with E-state index in [1.165, 1.54) is 22.9 Å². The van der Waals surface area contributed by atoms with Crippen molar-refractivity contribution < 1.29 is 8.42 Å². The van der Waals surface area contributed by atoms with Crippen molar-refractivity contribution in [2.24, 2.45) is 0 Å². The first-order valence-corrected chi connectivity index (χ1v) is 8.43. The van der Waals surface area contributed by atoms with Crippen LogP contribution in [0, 0.1) is 0 Å². The van der Waals surface area contributed by atoms with Crippen molar-refractivity contribution >= 4 is 9.84 Å². The molecule has 1 aromatic rings. The van der Waals surface area contributed by atoms with Crippen molar-refractivity contribution in [3.8, 4) is 0 Å². The summed E-state index contributed by atoms with van der Waals surface area (Å²) in [6.07, 6.45) is 2.25. The molecule has 0 aromatic heterocycles. The third-order valence-electron chi connectivity index (χ3n) is 3.41. The van der Waals surface area contributed by atoms with Gasteiger partial charge in [-0.15, -0.1) is 0 Å². The summed E-state index contributed by atoms with van der Waals surface area (Å²) in [4.78, 5) is 2.01. The van der Waals surface area contributed by atoms with E-state index in [-0.39, 0.29) is 5.88 Å². The van der Waals surface area contributed by atoms with Gasteiger partial charge < -0.3 is 0 Å². The molecule has 0 unspecified atom stereocenters. The predicted octanol–water partition coefficient (Wildman–Crippen LogP) is 2.17. The number of nitrogens with zero attached hydrogens (tertiary/aromatic N) is 1. The summed E-state index contributed by atoms with van der Waals surface area (Å²) in [7, 11) is -2.92. The molecular weight excluding hydrogens is 246 g/mol. The van der Waals surface area contributed by atoms with Crippen LogP contribution in [0.4, 0.5) is 0 Å². The lowest BCUT2D eigenvalue weighted by Crippen LogP contribution is -2.34. The molecule has 0 atom stereocenters. The maximum Gasteiger partial charge on any atom is 0.160 e. The van der Waals surface area contributed by atoms with Crippen molar-refractivity contribution in [2.75, 3.05) is 18.7 Å². The van der Waals surface area contributed by atoms with Crippen LogP contribution in [0.25, 0.3) is 0 Å². The van der Waals surface area contributed by atoms with Crippen molar-refractivity contribution in [1.29, 1.82) is 0 Å². The molecular formula is C14H21NO2S. The smallest absolute Gasteiger partial charge is 0.160 e. The van der Waals surface area contributed by atoms with Crippen molar-refractivity contribution in [3.63, 3.8) is 0 Å². The number of rotatable bonds is 3. The molecule has 1 aromatic carbocycles. The van der Waals surface area contributed by atoms with E-state index in [0.717, 1.165) is 19.5 Å². The Hall–Kier alpha value is -0.870. The number of fused-ring (bicyclic) bond motifs is 1. The van der Waals surface area contributed by atoms with Gasteiger partial charge in [0.1, 0.15) is 5.88 Å². The standard InChI is InChI=1S/C14H21NO2S/c1-11(2)12-4-5-14-9-15(10-18(3,16)17)7-6-13(14)8-12/h4-5,8,11H,6-7,9-10H2,1-3H3. The highest BCUT2D eigenvalue weighted by molar-refractivity contribution is 7.90. The fraction of sp³-hybridized carbons (Fsp3) is 0.571. The van der Waals surface area contributed by atoms with E-state index in [2.05, 4.69) is 32.0 Å². The van der Waals surface area contributed by atoms with Crippen LogP contribution in [-0.2, 0) is 22.8 Å². The molecule has 0 radical (unpaired) electrons. The molecule has 18 heavy (non-hydrogen) atoms. The molecule has 0 amide bonds. The van der Waals surface area contributed by atoms with Crippen LogP contribution < -0.4 is 0 Å². The van der Waals surface area contributed by atoms with Crippen molar-refractivity contribution in [2.45, 2.75) is 32.7 Å². The summed E-state index contributed by atoms with van der Waals surface area (Å²) in [5.74, 6) is 0.711. The molecule has 1 aliphatic heterocycles. The second kappa shape index (κ2) is 5.02. The third-order valence-corrected chi connectivity index (χ3v) is 4.24. The monoisotopic (exact) mass is 267 g/mol. The van der Waals surface area contributed by atoms with E-state index < -0.39 is 9.84 Å². The van der Waals surface area contributed by atoms with Gasteiger partial charge in [0, 0.05) is 19.3 Å². The lowest BCUT2D eigenvalue weighted by Gasteiger charge is -2.28. The second-order valence-electron chi connectivity index (χ2n) is 5.54. The Morgan fingerprint density at radius 1 is 1.28 bits per heavy atom. The zero-order valence-corrected chi connectivity index (χ0v) is 12.1. The quantitative estimate of drug-likeness (QED) is 0.842. The SMILES string of the molecule is CC(C)c1ccc2c(c1)CCN(CS(C)(=O)=O)C2. The number of sulfone groups is 1. The van der Waals surface area contributed by atoms with Gasteiger partial charge in [0.15, 0.2) is 9.84 Å². The average Bonchev–Trinajstić information content (AvgIpc) is 2.26. The molecule has 1 heterocycles. The van der Waals surface area contributed by atoms with Crippen LogP contribution >= 0.6 is 0 Å². The summed E-state index contributed by atoms with van der Waals surface area (Å²) in [6.45, 7) is 5.98. The molecule has 2 rings (SSSR count). The molecule has 0 fully saturated rings. The van der Waals surface area contributed by atoms with E-state index in [1.807, 2.05) is 4.90 Å². The zero-order chi connectivity index (χ0) is 13.3. The molecule has 4 heteroatoms. The van der Waals surface area contributed by atoms with Crippen LogP contribution in [0.2, 0.25) is 0 Å². The molecule has 1 aliphatic rings. The van der Waals surface area contributed by atoms with E-state index in [9.17, 15) is 8.42 Å². The van der Waals surface area contributed by atoms with E-state index >= 15 is 0 Å². The van der Waals surface area contributed by atoms with Gasteiger partial charge in [0.25, 0.3) is 0 Å². The van der Waals surface area contributed by atoms with Crippen LogP contribution in [0.5, 0.6) is 0 Å². The Labute approximate surface area is 110 Å². The van der Waals surface area contributed by atoms with E-state index in [1.54, 1.807) is 0 Å². The number of hydrogen-bond acceptors (Lipinski definition) is 3. The Bertz CT molecular complexity index is 535. The fourth-order valence-electron chi connectivity index (χ4n) is 2.43. The van der Waals surface area contributed by atoms with E-state index in [0.29, 0.717) is 5.92 Å². The molecule has 0 aliphatic carbocycles. The van der Waals surface area contributed by atoms with Gasteiger partial charge in [-0.25, -0.2) is 8.42 Å². The van der Waals surface area contributed by atoms with Gasteiger partial charge in [-0.3, -0.25) is 4.90 Å². The molecule has 0 spiro atoms. The lowest BCUT2D eigenvalue weighted by atomic mass is 9.93. The van der Waals surface area contributed by atoms with Gasteiger partial charge in [-0.2, -0.15) is 0 Å². The van der Waals surface area contributed by atoms with Gasteiger partial charge in [0.05, 0.1) is 0 Å². The third kappa shape index (κ3) is 3.33. The first-order valence-electron chi connectivity index (χ1n) is 6.37. The molecule has 100 valence electrons. The highest BCUT2D eigenvalue weighted by Gasteiger charge is 2.19. The Morgan fingerprint density at radius 3 is 2.61 bits per heavy atom. The van der Waals surface area contributed by atoms with Crippen molar-refractivity contribution in [3.05, 3.63) is 34.9 Å². The van der Waals surface area contributed by atoms with Crippen LogP contribution in [-0.4, -0.2) is 32.0 Å². The first-order chi connectivity index (χ1) is 8.35. The van der Waals surface area contributed by atoms with Crippen LogP contribution in [0.3, 0.4) is 0 Å². The second-order valence-corrected chi connectivity index (χ2v) is 7.65. The Kier molecular flexibility index (Phi) is 3.78. The van der Waals surface area contributed by atoms with Crippen LogP contribution in [0.15, 0.2) is 18.2 Å². The maximum atomic E-state index is 11.3. The summed E-state index contributed by atoms with van der Waals surface area (Å²) >= 11 is 0. The van der Waals surface area contributed by atoms with E-state index in [4.69, 9.17) is 0 Å². The average molecular weight is 267 g/mol. The minimum atomic E-state index is -2.92.